The van der Waals surface area contributed by atoms with E-state index in [9.17, 15) is 35.9 Å². The zero-order valence-electron chi connectivity index (χ0n) is 23.7. The third kappa shape index (κ3) is 10.9. The van der Waals surface area contributed by atoms with Gasteiger partial charge in [0, 0.05) is 24.5 Å². The Balaban J connectivity index is 0.000000250. The second-order valence-electron chi connectivity index (χ2n) is 9.11. The van der Waals surface area contributed by atoms with E-state index in [0.29, 0.717) is 35.4 Å². The fourth-order valence-electron chi connectivity index (χ4n) is 3.14. The van der Waals surface area contributed by atoms with Crippen LogP contribution >= 0.6 is 0 Å². The van der Waals surface area contributed by atoms with Gasteiger partial charge in [0.1, 0.15) is 23.0 Å². The molecule has 0 saturated heterocycles. The van der Waals surface area contributed by atoms with Crippen LogP contribution < -0.4 is 18.9 Å². The smallest absolute Gasteiger partial charge is 0.417 e. The molecule has 1 unspecified atom stereocenters. The molecule has 0 aliphatic carbocycles. The predicted molar refractivity (Wildman–Crippen MR) is 147 cm³/mol. The Hall–Kier alpha value is -5.54. The van der Waals surface area contributed by atoms with E-state index in [1.807, 2.05) is 0 Å². The lowest BCUT2D eigenvalue weighted by atomic mass is 10.3. The number of nitrogens with zero attached hydrogens (tertiary/aromatic N) is 2. The Morgan fingerprint density at radius 2 is 0.870 bits per heavy atom. The lowest BCUT2D eigenvalue weighted by Crippen LogP contribution is -2.22. The number of aromatic nitrogens is 2. The molecule has 2 aromatic heterocycles. The van der Waals surface area contributed by atoms with Crippen molar-refractivity contribution in [3.63, 3.8) is 0 Å². The van der Waals surface area contributed by atoms with Gasteiger partial charge in [0.15, 0.2) is 12.2 Å². The van der Waals surface area contributed by atoms with Crippen LogP contribution in [0.2, 0.25) is 0 Å². The quantitative estimate of drug-likeness (QED) is 0.166. The first-order valence-electron chi connectivity index (χ1n) is 12.9. The number of carbonyl (C=O) groups is 2. The highest BCUT2D eigenvalue weighted by Crippen LogP contribution is 2.31. The summed E-state index contributed by atoms with van der Waals surface area (Å²) in [6, 6.07) is 15.9. The van der Waals surface area contributed by atoms with Crippen LogP contribution in [0.15, 0.2) is 85.2 Å². The number of carboxylic acids is 2. The number of halogens is 6. The van der Waals surface area contributed by atoms with Crippen molar-refractivity contribution in [1.29, 1.82) is 0 Å². The number of carboxylic acid groups (broad SMARTS) is 2. The molecule has 10 nitrogen and oxygen atoms in total. The van der Waals surface area contributed by atoms with Crippen molar-refractivity contribution in [2.45, 2.75) is 38.4 Å². The largest absolute Gasteiger partial charge is 0.479 e. The van der Waals surface area contributed by atoms with Crippen molar-refractivity contribution < 1.29 is 65.1 Å². The first-order chi connectivity index (χ1) is 21.5. The monoisotopic (exact) mass is 654 g/mol. The Bertz CT molecular complexity index is 1460. The van der Waals surface area contributed by atoms with Crippen molar-refractivity contribution >= 4 is 11.9 Å². The van der Waals surface area contributed by atoms with E-state index in [1.54, 1.807) is 0 Å². The maximum absolute atomic E-state index is 12.4. The summed E-state index contributed by atoms with van der Waals surface area (Å²) in [5.41, 5.74) is -1.73. The molecule has 0 spiro atoms. The third-order valence-electron chi connectivity index (χ3n) is 5.54. The maximum Gasteiger partial charge on any atom is 0.417 e. The summed E-state index contributed by atoms with van der Waals surface area (Å²) < 4.78 is 95.4. The molecule has 0 amide bonds. The molecule has 0 aliphatic heterocycles. The maximum atomic E-state index is 12.4. The lowest BCUT2D eigenvalue weighted by molar-refractivity contribution is -0.145. The van der Waals surface area contributed by atoms with E-state index in [1.165, 1.54) is 62.4 Å². The van der Waals surface area contributed by atoms with Gasteiger partial charge in [-0.25, -0.2) is 19.6 Å². The first-order valence-corrected chi connectivity index (χ1v) is 12.9. The van der Waals surface area contributed by atoms with Crippen LogP contribution in [0.5, 0.6) is 34.8 Å². The molecule has 0 bridgehead atoms. The predicted octanol–water partition coefficient (Wildman–Crippen LogP) is 7.49. The molecule has 2 heterocycles. The van der Waals surface area contributed by atoms with Gasteiger partial charge in [0.2, 0.25) is 11.8 Å². The normalized spacial score (nSPS) is 12.5. The average molecular weight is 655 g/mol. The SMILES string of the molecule is CC(Oc1ccc(Oc2ccc(C(F)(F)F)cn2)cc1)C(=O)O.C[C@@H](Oc1ccc(Oc2ccc(C(F)(F)F)cn2)cc1)C(=O)O. The summed E-state index contributed by atoms with van der Waals surface area (Å²) in [4.78, 5) is 28.5. The zero-order valence-corrected chi connectivity index (χ0v) is 23.7. The van der Waals surface area contributed by atoms with E-state index < -0.39 is 47.6 Å². The van der Waals surface area contributed by atoms with Crippen LogP contribution in [0.3, 0.4) is 0 Å². The number of ether oxygens (including phenoxy) is 4. The van der Waals surface area contributed by atoms with Gasteiger partial charge in [-0.05, 0) is 74.5 Å². The molecule has 0 fully saturated rings. The van der Waals surface area contributed by atoms with Gasteiger partial charge < -0.3 is 29.2 Å². The van der Waals surface area contributed by atoms with Crippen LogP contribution in [0.4, 0.5) is 26.3 Å². The molecule has 0 radical (unpaired) electrons. The van der Waals surface area contributed by atoms with Crippen LogP contribution in [-0.2, 0) is 21.9 Å². The Morgan fingerprint density at radius 1 is 0.565 bits per heavy atom. The Morgan fingerprint density at radius 3 is 1.11 bits per heavy atom. The first kappa shape index (κ1) is 34.9. The summed E-state index contributed by atoms with van der Waals surface area (Å²) in [6.07, 6.45) is -9.55. The number of aliphatic carboxylic acids is 2. The number of benzene rings is 2. The van der Waals surface area contributed by atoms with Gasteiger partial charge in [-0.1, -0.05) is 0 Å². The summed E-state index contributed by atoms with van der Waals surface area (Å²) >= 11 is 0. The topological polar surface area (TPSA) is 137 Å². The van der Waals surface area contributed by atoms with Crippen LogP contribution in [0.1, 0.15) is 25.0 Å². The molecule has 46 heavy (non-hydrogen) atoms. The van der Waals surface area contributed by atoms with E-state index in [-0.39, 0.29) is 11.8 Å². The Kier molecular flexibility index (Phi) is 11.4. The number of hydrogen-bond donors (Lipinski definition) is 2. The molecule has 16 heteroatoms. The summed E-state index contributed by atoms with van der Waals surface area (Å²) in [5, 5.41) is 17.5. The lowest BCUT2D eigenvalue weighted by Gasteiger charge is -2.11. The molecule has 2 atom stereocenters. The highest BCUT2D eigenvalue weighted by molar-refractivity contribution is 5.72. The van der Waals surface area contributed by atoms with Gasteiger partial charge >= 0.3 is 24.3 Å². The number of rotatable bonds is 10. The van der Waals surface area contributed by atoms with E-state index in [4.69, 9.17) is 29.2 Å². The van der Waals surface area contributed by atoms with E-state index in [2.05, 4.69) is 9.97 Å². The molecule has 2 N–H and O–H groups in total. The molecule has 0 saturated carbocycles. The van der Waals surface area contributed by atoms with Gasteiger partial charge in [-0.2, -0.15) is 26.3 Å². The molecular weight excluding hydrogens is 630 g/mol. The highest BCUT2D eigenvalue weighted by Gasteiger charge is 2.31. The molecular formula is C30H24F6N2O8. The molecule has 4 aromatic rings. The van der Waals surface area contributed by atoms with Crippen LogP contribution in [0.25, 0.3) is 0 Å². The number of pyridine rings is 2. The van der Waals surface area contributed by atoms with E-state index in [0.717, 1.165) is 24.3 Å². The fraction of sp³-hybridized carbons (Fsp3) is 0.200. The van der Waals surface area contributed by atoms with Crippen molar-refractivity contribution in [1.82, 2.24) is 9.97 Å². The van der Waals surface area contributed by atoms with Crippen molar-refractivity contribution in [2.24, 2.45) is 0 Å². The van der Waals surface area contributed by atoms with Crippen molar-refractivity contribution in [3.8, 4) is 34.8 Å². The van der Waals surface area contributed by atoms with Gasteiger partial charge in [0.25, 0.3) is 0 Å². The fourth-order valence-corrected chi connectivity index (χ4v) is 3.14. The number of alkyl halides is 6. The molecule has 0 aliphatic rings. The van der Waals surface area contributed by atoms with Crippen LogP contribution in [0, 0.1) is 0 Å². The second-order valence-corrected chi connectivity index (χ2v) is 9.11. The molecule has 2 aromatic carbocycles. The summed E-state index contributed by atoms with van der Waals surface area (Å²) in [6.45, 7) is 2.78. The van der Waals surface area contributed by atoms with E-state index >= 15 is 0 Å². The van der Waals surface area contributed by atoms with Crippen molar-refractivity contribution in [2.75, 3.05) is 0 Å². The third-order valence-corrected chi connectivity index (χ3v) is 5.54. The Labute approximate surface area is 256 Å². The minimum Gasteiger partial charge on any atom is -0.479 e. The minimum atomic E-state index is -4.45. The van der Waals surface area contributed by atoms with Gasteiger partial charge in [-0.15, -0.1) is 0 Å². The van der Waals surface area contributed by atoms with Gasteiger partial charge in [0.05, 0.1) is 11.1 Å². The van der Waals surface area contributed by atoms with Crippen molar-refractivity contribution in [3.05, 3.63) is 96.3 Å². The highest BCUT2D eigenvalue weighted by atomic mass is 19.4. The van der Waals surface area contributed by atoms with Gasteiger partial charge in [-0.3, -0.25) is 0 Å². The second kappa shape index (κ2) is 15.0. The number of hydrogen-bond acceptors (Lipinski definition) is 8. The zero-order chi connectivity index (χ0) is 34.1. The molecule has 244 valence electrons. The standard InChI is InChI=1S/2C15H12F3NO4/c2*1-9(14(20)21)22-11-3-5-12(6-4-11)23-13-7-2-10(8-19-13)15(16,17)18/h2*2-9H,1H3,(H,20,21)/t9-;/m1./s1. The summed E-state index contributed by atoms with van der Waals surface area (Å²) in [5.74, 6) is -0.880. The average Bonchev–Trinajstić information content (AvgIpc) is 2.99. The van der Waals surface area contributed by atoms with Crippen LogP contribution in [-0.4, -0.2) is 44.3 Å². The minimum absolute atomic E-state index is 0.00516. The summed E-state index contributed by atoms with van der Waals surface area (Å²) in [7, 11) is 0. The molecule has 4 rings (SSSR count).